The van der Waals surface area contributed by atoms with E-state index < -0.39 is 68.0 Å². The number of aromatic nitrogens is 4. The fourth-order valence-corrected chi connectivity index (χ4v) is 8.86. The molecule has 2 fully saturated rings. The molecule has 23 heteroatoms. The number of nitrogens with zero attached hydrogens (tertiary/aromatic N) is 6. The molecule has 2 N–H and O–H groups in total. The smallest absolute Gasteiger partial charge is 0.417 e. The number of nitrogens with one attached hydrogen (secondary N) is 2. The highest BCUT2D eigenvalue weighted by molar-refractivity contribution is 7.92. The number of likely N-dealkylation sites (tertiary alicyclic amines) is 1. The first-order valence-electron chi connectivity index (χ1n) is 19.7. The van der Waals surface area contributed by atoms with Crippen LogP contribution >= 0.6 is 0 Å². The highest BCUT2D eigenvalue weighted by atomic mass is 32.2. The van der Waals surface area contributed by atoms with Crippen molar-refractivity contribution in [2.45, 2.75) is 55.6 Å². The Bertz CT molecular complexity index is 2420. The van der Waals surface area contributed by atoms with Gasteiger partial charge in [0.2, 0.25) is 17.5 Å². The first-order valence-corrected chi connectivity index (χ1v) is 21.1. The fourth-order valence-electron chi connectivity index (χ4n) is 7.57. The number of halogens is 3. The molecule has 4 aromatic rings. The molecule has 62 heavy (non-hydrogen) atoms. The second-order valence-electron chi connectivity index (χ2n) is 14.6. The summed E-state index contributed by atoms with van der Waals surface area (Å²) in [6.07, 6.45) is -0.695. The van der Waals surface area contributed by atoms with Crippen molar-refractivity contribution in [1.29, 1.82) is 0 Å². The monoisotopic (exact) mass is 888 g/mol. The van der Waals surface area contributed by atoms with Crippen LogP contribution in [0.3, 0.4) is 0 Å². The van der Waals surface area contributed by atoms with Crippen LogP contribution in [-0.4, -0.2) is 128 Å². The Hall–Kier alpha value is -6.07. The van der Waals surface area contributed by atoms with Crippen LogP contribution in [0.15, 0.2) is 47.5 Å². The lowest BCUT2D eigenvalue weighted by molar-refractivity contribution is -0.140. The molecule has 0 spiro atoms. The fraction of sp³-hybridized carbons (Fsp3) is 0.462. The maximum atomic E-state index is 14.2. The Kier molecular flexibility index (Phi) is 13.1. The van der Waals surface area contributed by atoms with E-state index >= 15 is 0 Å². The predicted molar refractivity (Wildman–Crippen MR) is 209 cm³/mol. The van der Waals surface area contributed by atoms with E-state index in [9.17, 15) is 40.8 Å². The molecule has 0 bridgehead atoms. The molecule has 3 aliphatic rings. The maximum Gasteiger partial charge on any atom is 0.417 e. The van der Waals surface area contributed by atoms with E-state index in [1.165, 1.54) is 38.6 Å². The van der Waals surface area contributed by atoms with E-state index in [0.29, 0.717) is 37.3 Å². The molecule has 2 saturated heterocycles. The van der Waals surface area contributed by atoms with E-state index in [-0.39, 0.29) is 61.2 Å². The van der Waals surface area contributed by atoms with Crippen molar-refractivity contribution in [2.24, 2.45) is 5.92 Å². The van der Waals surface area contributed by atoms with Gasteiger partial charge in [-0.15, -0.1) is 5.10 Å². The number of imide groups is 2. The third kappa shape index (κ3) is 9.53. The minimum absolute atomic E-state index is 0.0118. The molecule has 2 aromatic heterocycles. The van der Waals surface area contributed by atoms with Gasteiger partial charge in [0, 0.05) is 13.0 Å². The van der Waals surface area contributed by atoms with E-state index in [2.05, 4.69) is 25.3 Å². The number of rotatable bonds is 18. The highest BCUT2D eigenvalue weighted by Crippen LogP contribution is 2.40. The Morgan fingerprint density at radius 1 is 0.903 bits per heavy atom. The van der Waals surface area contributed by atoms with Gasteiger partial charge in [-0.1, -0.05) is 6.07 Å². The van der Waals surface area contributed by atoms with Crippen molar-refractivity contribution in [1.82, 2.24) is 34.7 Å². The molecule has 0 radical (unpaired) electrons. The minimum Gasteiger partial charge on any atom is -0.492 e. The molecule has 4 amide bonds. The van der Waals surface area contributed by atoms with Crippen LogP contribution < -0.4 is 29.0 Å². The third-order valence-electron chi connectivity index (χ3n) is 10.7. The zero-order chi connectivity index (χ0) is 44.2. The lowest BCUT2D eigenvalue weighted by atomic mass is 9.92. The van der Waals surface area contributed by atoms with Crippen LogP contribution in [0.5, 0.6) is 23.3 Å². The number of hydrogen-bond acceptors (Lipinski definition) is 15. The lowest BCUT2D eigenvalue weighted by Gasteiger charge is -2.31. The maximum absolute atomic E-state index is 14.2. The van der Waals surface area contributed by atoms with Gasteiger partial charge in [-0.3, -0.25) is 29.4 Å². The van der Waals surface area contributed by atoms with Crippen molar-refractivity contribution in [2.75, 3.05) is 65.0 Å². The molecular formula is C39H43F3N8O11S. The van der Waals surface area contributed by atoms with Crippen molar-refractivity contribution >= 4 is 45.2 Å². The molecule has 7 rings (SSSR count). The molecule has 19 nitrogen and oxygen atoms in total. The van der Waals surface area contributed by atoms with Crippen molar-refractivity contribution in [3.8, 4) is 23.3 Å². The SMILES string of the molecule is COc1cnc(OC)n2nc(NS(=O)(=O)c3c(OCCCC4CCN(CCOCCOc5ccc6c(c5)C(=O)N(C5CCC(=O)NC5=O)C6=O)CC4)cccc3C(F)(F)F)nc12. The van der Waals surface area contributed by atoms with Gasteiger partial charge in [-0.25, -0.2) is 13.1 Å². The van der Waals surface area contributed by atoms with Gasteiger partial charge >= 0.3 is 12.2 Å². The van der Waals surface area contributed by atoms with Crippen molar-refractivity contribution < 1.29 is 64.5 Å². The van der Waals surface area contributed by atoms with Gasteiger partial charge < -0.3 is 28.6 Å². The Morgan fingerprint density at radius 2 is 1.68 bits per heavy atom. The largest absolute Gasteiger partial charge is 0.492 e. The topological polar surface area (TPSA) is 222 Å². The van der Waals surface area contributed by atoms with E-state index in [1.54, 1.807) is 6.07 Å². The van der Waals surface area contributed by atoms with Crippen LogP contribution in [0.4, 0.5) is 19.1 Å². The van der Waals surface area contributed by atoms with Crippen molar-refractivity contribution in [3.05, 3.63) is 59.3 Å². The Labute approximate surface area is 352 Å². The van der Waals surface area contributed by atoms with Gasteiger partial charge in [0.05, 0.1) is 56.9 Å². The Balaban J connectivity index is 0.832. The standard InChI is InChI=1S/C39H43F3N8O11S/c1-57-30-22-43-38(58-2)50-33(30)45-37(46-50)47-62(55,56)32-27(39(40,41)42)6-3-7-29(32)61-17-4-5-23-12-14-48(15-13-23)16-18-59-19-20-60-24-8-9-25-26(21-24)36(54)49(35(25)53)28-10-11-31(51)44-34(28)52/h3,6-9,21-23,28H,4-5,10-20H2,1-2H3,(H,46,47)(H,44,51,52). The number of carbonyl (C=O) groups excluding carboxylic acids is 4. The molecule has 1 atom stereocenters. The van der Waals surface area contributed by atoms with Gasteiger partial charge in [0.15, 0.2) is 5.75 Å². The van der Waals surface area contributed by atoms with Gasteiger partial charge in [-0.05, 0) is 81.4 Å². The van der Waals surface area contributed by atoms with Gasteiger partial charge in [0.1, 0.15) is 29.0 Å². The zero-order valence-electron chi connectivity index (χ0n) is 33.6. The first-order chi connectivity index (χ1) is 29.7. The second-order valence-corrected chi connectivity index (χ2v) is 16.2. The molecule has 0 saturated carbocycles. The molecule has 5 heterocycles. The number of methoxy groups -OCH3 is 2. The van der Waals surface area contributed by atoms with Crippen LogP contribution in [0, 0.1) is 5.92 Å². The zero-order valence-corrected chi connectivity index (χ0v) is 34.4. The quantitative estimate of drug-likeness (QED) is 0.108. The van der Waals surface area contributed by atoms with Gasteiger partial charge in [-0.2, -0.15) is 27.7 Å². The molecule has 1 unspecified atom stereocenters. The van der Waals surface area contributed by atoms with Crippen LogP contribution in [-0.2, 0) is 30.5 Å². The summed E-state index contributed by atoms with van der Waals surface area (Å²) in [5.74, 6) is -2.54. The first kappa shape index (κ1) is 44.0. The average molecular weight is 889 g/mol. The number of benzene rings is 2. The predicted octanol–water partition coefficient (Wildman–Crippen LogP) is 3.33. The number of anilines is 1. The summed E-state index contributed by atoms with van der Waals surface area (Å²) in [6.45, 7) is 3.20. The summed E-state index contributed by atoms with van der Waals surface area (Å²) in [5.41, 5.74) is -1.12. The molecule has 0 aliphatic carbocycles. The normalized spacial score (nSPS) is 17.6. The number of ether oxygens (including phenoxy) is 5. The van der Waals surface area contributed by atoms with E-state index in [1.807, 2.05) is 4.72 Å². The number of piperidine rings is 2. The van der Waals surface area contributed by atoms with Crippen molar-refractivity contribution in [3.63, 3.8) is 0 Å². The van der Waals surface area contributed by atoms with Crippen LogP contribution in [0.25, 0.3) is 5.65 Å². The van der Waals surface area contributed by atoms with E-state index in [4.69, 9.17) is 23.7 Å². The summed E-state index contributed by atoms with van der Waals surface area (Å²) in [7, 11) is -2.32. The van der Waals surface area contributed by atoms with Crippen LogP contribution in [0.2, 0.25) is 0 Å². The molecule has 332 valence electrons. The van der Waals surface area contributed by atoms with Crippen LogP contribution in [0.1, 0.15) is 64.8 Å². The molecule has 2 aromatic carbocycles. The number of sulfonamides is 1. The third-order valence-corrected chi connectivity index (χ3v) is 12.1. The number of fused-ring (bicyclic) bond motifs is 2. The van der Waals surface area contributed by atoms with E-state index in [0.717, 1.165) is 47.8 Å². The summed E-state index contributed by atoms with van der Waals surface area (Å²) < 4.78 is 100. The van der Waals surface area contributed by atoms with Gasteiger partial charge in [0.25, 0.3) is 27.8 Å². The summed E-state index contributed by atoms with van der Waals surface area (Å²) in [4.78, 5) is 59.9. The number of hydrogen-bond donors (Lipinski definition) is 2. The summed E-state index contributed by atoms with van der Waals surface area (Å²) in [6, 6.07) is 6.29. The molecule has 3 aliphatic heterocycles. The minimum atomic E-state index is -5.03. The second kappa shape index (κ2) is 18.5. The molecular weight excluding hydrogens is 846 g/mol. The average Bonchev–Trinajstić information content (AvgIpc) is 3.77. The highest BCUT2D eigenvalue weighted by Gasteiger charge is 2.45. The summed E-state index contributed by atoms with van der Waals surface area (Å²) >= 11 is 0. The number of carbonyl (C=O) groups is 4. The Morgan fingerprint density at radius 3 is 2.40 bits per heavy atom. The number of amides is 4. The number of alkyl halides is 3. The lowest BCUT2D eigenvalue weighted by Crippen LogP contribution is -2.54. The summed E-state index contributed by atoms with van der Waals surface area (Å²) in [5, 5.41) is 6.17.